The van der Waals surface area contributed by atoms with Gasteiger partial charge in [0.2, 0.25) is 0 Å². The lowest BCUT2D eigenvalue weighted by molar-refractivity contribution is 0.130. The molecule has 0 saturated heterocycles. The number of imidazole rings is 1. The summed E-state index contributed by atoms with van der Waals surface area (Å²) in [5.74, 6) is 1.22. The molecule has 2 aliphatic rings. The molecule has 0 atom stereocenters. The first kappa shape index (κ1) is 11.5. The third kappa shape index (κ3) is 1.87. The van der Waals surface area contributed by atoms with E-state index in [0.717, 1.165) is 43.3 Å². The minimum absolute atomic E-state index is 0.839. The van der Waals surface area contributed by atoms with E-state index in [1.807, 2.05) is 6.20 Å². The van der Waals surface area contributed by atoms with Crippen LogP contribution in [0.3, 0.4) is 0 Å². The molecule has 19 heavy (non-hydrogen) atoms. The molecule has 4 nitrogen and oxygen atoms in total. The summed E-state index contributed by atoms with van der Waals surface area (Å²) in [5, 5.41) is 0. The lowest BCUT2D eigenvalue weighted by atomic mass is 9.91. The normalized spacial score (nSPS) is 21.1. The average molecular weight is 254 g/mol. The Labute approximate surface area is 114 Å². The number of hydrogen-bond acceptors (Lipinski definition) is 3. The van der Waals surface area contributed by atoms with Crippen molar-refractivity contribution in [2.75, 3.05) is 13.1 Å². The molecular weight excluding hydrogens is 235 g/mol. The zero-order valence-corrected chi connectivity index (χ0v) is 11.5. The summed E-state index contributed by atoms with van der Waals surface area (Å²) in [6, 6.07) is 2.99. The molecule has 1 fully saturated rings. The van der Waals surface area contributed by atoms with Gasteiger partial charge in [-0.25, -0.2) is 9.97 Å². The molecule has 0 unspecified atom stereocenters. The van der Waals surface area contributed by atoms with E-state index in [2.05, 4.69) is 28.4 Å². The largest absolute Gasteiger partial charge is 0.311 e. The van der Waals surface area contributed by atoms with Crippen LogP contribution in [0.1, 0.15) is 25.1 Å². The molecule has 2 aromatic heterocycles. The van der Waals surface area contributed by atoms with Crippen molar-refractivity contribution in [3.63, 3.8) is 0 Å². The van der Waals surface area contributed by atoms with Crippen LogP contribution in [0.5, 0.6) is 0 Å². The molecular formula is C14H19BN4. The fourth-order valence-corrected chi connectivity index (χ4v) is 3.29. The van der Waals surface area contributed by atoms with Crippen molar-refractivity contribution in [1.29, 1.82) is 0 Å². The molecule has 0 radical (unpaired) electrons. The van der Waals surface area contributed by atoms with Crippen LogP contribution >= 0.6 is 0 Å². The zero-order chi connectivity index (χ0) is 12.8. The van der Waals surface area contributed by atoms with E-state index in [0.29, 0.717) is 0 Å². The highest BCUT2D eigenvalue weighted by atomic mass is 15.2. The van der Waals surface area contributed by atoms with Crippen LogP contribution < -0.4 is 5.46 Å². The lowest BCUT2D eigenvalue weighted by Crippen LogP contribution is -2.41. The van der Waals surface area contributed by atoms with Gasteiger partial charge in [0.25, 0.3) is 0 Å². The van der Waals surface area contributed by atoms with E-state index < -0.39 is 0 Å². The molecule has 4 rings (SSSR count). The van der Waals surface area contributed by atoms with Gasteiger partial charge in [0.1, 0.15) is 19.2 Å². The minimum atomic E-state index is 0.839. The van der Waals surface area contributed by atoms with Gasteiger partial charge in [-0.3, -0.25) is 4.90 Å². The number of rotatable bonds is 1. The van der Waals surface area contributed by atoms with E-state index in [9.17, 15) is 0 Å². The quantitative estimate of drug-likeness (QED) is 0.677. The summed E-state index contributed by atoms with van der Waals surface area (Å²) in [4.78, 5) is 12.0. The monoisotopic (exact) mass is 254 g/mol. The second-order valence-electron chi connectivity index (χ2n) is 5.91. The molecule has 0 N–H and O–H groups in total. The molecule has 0 aromatic carbocycles. The van der Waals surface area contributed by atoms with E-state index in [1.165, 1.54) is 30.5 Å². The minimum Gasteiger partial charge on any atom is -0.311 e. The summed E-state index contributed by atoms with van der Waals surface area (Å²) in [7, 11) is 2.08. The van der Waals surface area contributed by atoms with Gasteiger partial charge in [0.15, 0.2) is 5.65 Å². The highest BCUT2D eigenvalue weighted by Gasteiger charge is 2.27. The molecule has 3 heterocycles. The molecule has 98 valence electrons. The first-order chi connectivity index (χ1) is 9.31. The predicted molar refractivity (Wildman–Crippen MR) is 78.6 cm³/mol. The van der Waals surface area contributed by atoms with Gasteiger partial charge in [-0.05, 0) is 18.9 Å². The van der Waals surface area contributed by atoms with Crippen molar-refractivity contribution < 1.29 is 0 Å². The molecule has 0 amide bonds. The molecule has 0 spiro atoms. The number of nitrogens with zero attached hydrogens (tertiary/aromatic N) is 4. The van der Waals surface area contributed by atoms with E-state index in [4.69, 9.17) is 4.98 Å². The molecule has 1 saturated carbocycles. The van der Waals surface area contributed by atoms with Gasteiger partial charge in [-0.2, -0.15) is 0 Å². The number of hydrogen-bond donors (Lipinski definition) is 0. The van der Waals surface area contributed by atoms with Crippen molar-refractivity contribution in [1.82, 2.24) is 19.4 Å². The van der Waals surface area contributed by atoms with E-state index in [-0.39, 0.29) is 0 Å². The summed E-state index contributed by atoms with van der Waals surface area (Å²) in [6.45, 7) is 3.35. The summed E-state index contributed by atoms with van der Waals surface area (Å²) < 4.78 is 2.33. The number of aromatic nitrogens is 3. The second kappa shape index (κ2) is 4.34. The number of pyridine rings is 1. The summed E-state index contributed by atoms with van der Waals surface area (Å²) in [6.07, 6.45) is 7.20. The van der Waals surface area contributed by atoms with Crippen molar-refractivity contribution in [3.05, 3.63) is 18.1 Å². The Morgan fingerprint density at radius 3 is 2.89 bits per heavy atom. The summed E-state index contributed by atoms with van der Waals surface area (Å²) in [5.41, 5.74) is 3.32. The third-order valence-corrected chi connectivity index (χ3v) is 4.63. The van der Waals surface area contributed by atoms with Crippen LogP contribution in [0.25, 0.3) is 11.2 Å². The van der Waals surface area contributed by atoms with Crippen LogP contribution in [0, 0.1) is 0 Å². The SMILES string of the molecule is Bc1cnc2c(c1)nc1n2CCN(C2CCC2)CC1. The maximum atomic E-state index is 4.79. The summed E-state index contributed by atoms with van der Waals surface area (Å²) >= 11 is 0. The highest BCUT2D eigenvalue weighted by Crippen LogP contribution is 2.26. The average Bonchev–Trinajstić information content (AvgIpc) is 2.54. The smallest absolute Gasteiger partial charge is 0.159 e. The Kier molecular flexibility index (Phi) is 2.62. The van der Waals surface area contributed by atoms with Crippen molar-refractivity contribution in [3.8, 4) is 0 Å². The number of fused-ring (bicyclic) bond motifs is 3. The van der Waals surface area contributed by atoms with Crippen molar-refractivity contribution in [2.24, 2.45) is 0 Å². The van der Waals surface area contributed by atoms with Crippen LogP contribution in [0.15, 0.2) is 12.3 Å². The lowest BCUT2D eigenvalue weighted by Gasteiger charge is -2.36. The fraction of sp³-hybridized carbons (Fsp3) is 0.571. The van der Waals surface area contributed by atoms with Gasteiger partial charge in [0, 0.05) is 38.3 Å². The van der Waals surface area contributed by atoms with E-state index >= 15 is 0 Å². The molecule has 0 bridgehead atoms. The molecule has 1 aliphatic carbocycles. The standard InChI is InChI=1S/C14H19BN4/c15-10-8-12-14(16-9-10)19-7-6-18(11-2-1-3-11)5-4-13(19)17-12/h8-9,11H,1-7,15H2. The Balaban J connectivity index is 1.66. The highest BCUT2D eigenvalue weighted by molar-refractivity contribution is 6.32. The van der Waals surface area contributed by atoms with Gasteiger partial charge in [0.05, 0.1) is 0 Å². The van der Waals surface area contributed by atoms with Crippen LogP contribution in [-0.2, 0) is 13.0 Å². The first-order valence-corrected chi connectivity index (χ1v) is 7.37. The first-order valence-electron chi connectivity index (χ1n) is 7.37. The second-order valence-corrected chi connectivity index (χ2v) is 5.91. The van der Waals surface area contributed by atoms with Crippen LogP contribution in [0.4, 0.5) is 0 Å². The Hall–Kier alpha value is -1.36. The van der Waals surface area contributed by atoms with Gasteiger partial charge < -0.3 is 4.57 Å². The fourth-order valence-electron chi connectivity index (χ4n) is 3.29. The van der Waals surface area contributed by atoms with Crippen molar-refractivity contribution in [2.45, 2.75) is 38.3 Å². The molecule has 2 aromatic rings. The predicted octanol–water partition coefficient (Wildman–Crippen LogP) is 0.100. The third-order valence-electron chi connectivity index (χ3n) is 4.63. The molecule has 5 heteroatoms. The maximum absolute atomic E-state index is 4.79. The van der Waals surface area contributed by atoms with Gasteiger partial charge in [-0.15, -0.1) is 0 Å². The van der Waals surface area contributed by atoms with Gasteiger partial charge in [-0.1, -0.05) is 11.9 Å². The molecule has 1 aliphatic heterocycles. The maximum Gasteiger partial charge on any atom is 0.159 e. The Morgan fingerprint density at radius 2 is 2.11 bits per heavy atom. The zero-order valence-electron chi connectivity index (χ0n) is 11.5. The van der Waals surface area contributed by atoms with Crippen LogP contribution in [-0.4, -0.2) is 46.4 Å². The van der Waals surface area contributed by atoms with E-state index in [1.54, 1.807) is 0 Å². The Bertz CT molecular complexity index is 617. The Morgan fingerprint density at radius 1 is 1.21 bits per heavy atom. The van der Waals surface area contributed by atoms with Gasteiger partial charge >= 0.3 is 0 Å². The van der Waals surface area contributed by atoms with Crippen molar-refractivity contribution >= 4 is 24.5 Å². The van der Waals surface area contributed by atoms with Crippen LogP contribution in [0.2, 0.25) is 0 Å². The topological polar surface area (TPSA) is 34.0 Å².